The number of ether oxygens (including phenoxy) is 1. The summed E-state index contributed by atoms with van der Waals surface area (Å²) in [4.78, 5) is 53.4. The smallest absolute Gasteiger partial charge is 0.313 e. The van der Waals surface area contributed by atoms with E-state index in [-0.39, 0.29) is 24.6 Å². The van der Waals surface area contributed by atoms with Crippen LogP contribution < -0.4 is 10.9 Å². The number of hydrogen-bond acceptors (Lipinski definition) is 6. The molecule has 0 unspecified atom stereocenters. The number of benzene rings is 2. The van der Waals surface area contributed by atoms with E-state index in [1.54, 1.807) is 69.0 Å². The Balaban J connectivity index is 1.51. The topological polar surface area (TPSA) is 121 Å². The molecular formula is C32H37FN4O5. The van der Waals surface area contributed by atoms with Crippen molar-refractivity contribution in [1.82, 2.24) is 20.4 Å². The summed E-state index contributed by atoms with van der Waals surface area (Å²) < 4.78 is 19.4. The van der Waals surface area contributed by atoms with Gasteiger partial charge in [-0.05, 0) is 94.5 Å². The zero-order chi connectivity index (χ0) is 30.6. The molecule has 0 radical (unpaired) electrons. The molecule has 1 saturated heterocycles. The Morgan fingerprint density at radius 2 is 1.86 bits per heavy atom. The minimum atomic E-state index is -1.01. The number of carbonyl (C=O) groups excluding carboxylic acids is 3. The number of carbonyl (C=O) groups is 3. The van der Waals surface area contributed by atoms with Crippen LogP contribution in [0.4, 0.5) is 4.39 Å². The molecule has 0 aliphatic carbocycles. The maximum atomic E-state index is 14.1. The molecule has 2 atom stereocenters. The molecule has 0 bridgehead atoms. The first kappa shape index (κ1) is 30.6. The van der Waals surface area contributed by atoms with Gasteiger partial charge in [-0.15, -0.1) is 0 Å². The average molecular weight is 577 g/mol. The first-order valence-electron chi connectivity index (χ1n) is 14.1. The number of nitrogens with one attached hydrogen (secondary N) is 2. The summed E-state index contributed by atoms with van der Waals surface area (Å²) in [5, 5.41) is 9.10. The molecule has 9 nitrogen and oxygen atoms in total. The largest absolute Gasteiger partial charge is 0.466 e. The van der Waals surface area contributed by atoms with E-state index in [1.807, 2.05) is 6.92 Å². The van der Waals surface area contributed by atoms with Crippen LogP contribution in [0.5, 0.6) is 0 Å². The third-order valence-electron chi connectivity index (χ3n) is 7.94. The second-order valence-electron chi connectivity index (χ2n) is 11.3. The number of nitrogens with zero attached hydrogens (tertiary/aromatic N) is 2. The van der Waals surface area contributed by atoms with Crippen LogP contribution in [-0.2, 0) is 20.7 Å². The zero-order valence-electron chi connectivity index (χ0n) is 24.6. The first-order chi connectivity index (χ1) is 19.9. The third kappa shape index (κ3) is 6.58. The summed E-state index contributed by atoms with van der Waals surface area (Å²) in [6, 6.07) is 12.0. The number of rotatable bonds is 9. The Bertz CT molecular complexity index is 1550. The summed E-state index contributed by atoms with van der Waals surface area (Å²) in [6.07, 6.45) is 1.45. The lowest BCUT2D eigenvalue weighted by molar-refractivity contribution is -0.159. The highest BCUT2D eigenvalue weighted by atomic mass is 19.1. The number of esters is 1. The van der Waals surface area contributed by atoms with Gasteiger partial charge in [-0.2, -0.15) is 5.10 Å². The minimum Gasteiger partial charge on any atom is -0.466 e. The lowest BCUT2D eigenvalue weighted by Gasteiger charge is -2.38. The second-order valence-corrected chi connectivity index (χ2v) is 11.3. The summed E-state index contributed by atoms with van der Waals surface area (Å²) in [6.45, 7) is 8.78. The van der Waals surface area contributed by atoms with Crippen molar-refractivity contribution in [1.29, 1.82) is 0 Å². The molecule has 0 spiro atoms. The molecule has 1 aliphatic rings. The number of H-pyrrole nitrogens is 1. The molecule has 222 valence electrons. The molecular weight excluding hydrogens is 539 g/mol. The van der Waals surface area contributed by atoms with Crippen LogP contribution in [0, 0.1) is 25.1 Å². The van der Waals surface area contributed by atoms with Gasteiger partial charge < -0.3 is 15.0 Å². The molecule has 1 aliphatic heterocycles. The number of halogens is 1. The standard InChI is InChI=1S/C32H37FN4O5/c1-6-42-31(41)32(4,5)27-13-12-26(22-8-7-9-25(33)17-22)37(27)28(38)18-34-29(39)23-11-10-21(19(2)14-23)16-24-15-20(3)35-36-30(24)40/h7-11,14-15,17,26-27H,6,12-13,16,18H2,1-5H3,(H,34,39)(H,36,40)/t26-,27+/m0/s1. The molecule has 4 rings (SSSR count). The Hall–Kier alpha value is -4.34. The van der Waals surface area contributed by atoms with Gasteiger partial charge in [0, 0.05) is 23.6 Å². The quantitative estimate of drug-likeness (QED) is 0.369. The van der Waals surface area contributed by atoms with Crippen molar-refractivity contribution in [2.45, 2.75) is 66.0 Å². The monoisotopic (exact) mass is 576 g/mol. The fourth-order valence-corrected chi connectivity index (χ4v) is 5.64. The van der Waals surface area contributed by atoms with Gasteiger partial charge in [0.2, 0.25) is 5.91 Å². The number of aromatic nitrogens is 2. The Morgan fingerprint density at radius 3 is 2.55 bits per heavy atom. The highest BCUT2D eigenvalue weighted by Crippen LogP contribution is 2.44. The van der Waals surface area contributed by atoms with E-state index in [0.29, 0.717) is 41.6 Å². The zero-order valence-corrected chi connectivity index (χ0v) is 24.6. The molecule has 42 heavy (non-hydrogen) atoms. The predicted octanol–water partition coefficient (Wildman–Crippen LogP) is 4.17. The van der Waals surface area contributed by atoms with Crippen molar-refractivity contribution in [3.8, 4) is 0 Å². The molecule has 2 aromatic carbocycles. The van der Waals surface area contributed by atoms with Gasteiger partial charge in [-0.3, -0.25) is 19.2 Å². The summed E-state index contributed by atoms with van der Waals surface area (Å²) >= 11 is 0. The number of likely N-dealkylation sites (tertiary alicyclic amines) is 1. The van der Waals surface area contributed by atoms with Crippen molar-refractivity contribution in [2.75, 3.05) is 13.2 Å². The summed E-state index contributed by atoms with van der Waals surface area (Å²) in [5.74, 6) is -1.64. The van der Waals surface area contributed by atoms with Crippen LogP contribution >= 0.6 is 0 Å². The lowest BCUT2D eigenvalue weighted by Crippen LogP contribution is -2.51. The van der Waals surface area contributed by atoms with E-state index < -0.39 is 35.2 Å². The second kappa shape index (κ2) is 12.7. The Morgan fingerprint density at radius 1 is 1.10 bits per heavy atom. The van der Waals surface area contributed by atoms with Gasteiger partial charge in [0.05, 0.1) is 30.3 Å². The highest BCUT2D eigenvalue weighted by molar-refractivity contribution is 5.97. The van der Waals surface area contributed by atoms with Gasteiger partial charge in [-0.25, -0.2) is 9.49 Å². The van der Waals surface area contributed by atoms with Crippen molar-refractivity contribution >= 4 is 17.8 Å². The van der Waals surface area contributed by atoms with Crippen LogP contribution in [0.3, 0.4) is 0 Å². The minimum absolute atomic E-state index is 0.212. The van der Waals surface area contributed by atoms with E-state index in [4.69, 9.17) is 4.74 Å². The van der Waals surface area contributed by atoms with E-state index in [2.05, 4.69) is 15.5 Å². The summed E-state index contributed by atoms with van der Waals surface area (Å²) in [7, 11) is 0. The van der Waals surface area contributed by atoms with Gasteiger partial charge in [0.1, 0.15) is 5.82 Å². The van der Waals surface area contributed by atoms with Gasteiger partial charge in [0.15, 0.2) is 0 Å². The van der Waals surface area contributed by atoms with E-state index >= 15 is 0 Å². The average Bonchev–Trinajstić information content (AvgIpc) is 3.41. The van der Waals surface area contributed by atoms with Crippen LogP contribution in [0.1, 0.15) is 78.0 Å². The number of aryl methyl sites for hydroxylation is 2. The first-order valence-corrected chi connectivity index (χ1v) is 14.1. The van der Waals surface area contributed by atoms with Gasteiger partial charge >= 0.3 is 5.97 Å². The fourth-order valence-electron chi connectivity index (χ4n) is 5.64. The number of aromatic amines is 1. The van der Waals surface area contributed by atoms with Crippen molar-refractivity contribution in [3.05, 3.63) is 98.2 Å². The van der Waals surface area contributed by atoms with Gasteiger partial charge in [-0.1, -0.05) is 18.2 Å². The molecule has 0 saturated carbocycles. The molecule has 2 N–H and O–H groups in total. The number of hydrogen-bond donors (Lipinski definition) is 2. The fraction of sp³-hybridized carbons (Fsp3) is 0.406. The van der Waals surface area contributed by atoms with Gasteiger partial charge in [0.25, 0.3) is 11.5 Å². The Labute approximate surface area is 244 Å². The van der Waals surface area contributed by atoms with Crippen molar-refractivity contribution < 1.29 is 23.5 Å². The molecule has 2 amide bonds. The highest BCUT2D eigenvalue weighted by Gasteiger charge is 2.49. The molecule has 2 heterocycles. The van der Waals surface area contributed by atoms with Crippen LogP contribution in [0.15, 0.2) is 53.3 Å². The maximum absolute atomic E-state index is 14.1. The number of amides is 2. The van der Waals surface area contributed by atoms with Crippen molar-refractivity contribution in [2.24, 2.45) is 5.41 Å². The SMILES string of the molecule is CCOC(=O)C(C)(C)[C@H]1CC[C@@H](c2cccc(F)c2)N1C(=O)CNC(=O)c1ccc(Cc2cc(C)n[nH]c2=O)c(C)c1. The van der Waals surface area contributed by atoms with Crippen LogP contribution in [-0.4, -0.2) is 52.1 Å². The van der Waals surface area contributed by atoms with Crippen molar-refractivity contribution in [3.63, 3.8) is 0 Å². The van der Waals surface area contributed by atoms with E-state index in [0.717, 1.165) is 11.1 Å². The predicted molar refractivity (Wildman–Crippen MR) is 155 cm³/mol. The van der Waals surface area contributed by atoms with Crippen LogP contribution in [0.2, 0.25) is 0 Å². The third-order valence-corrected chi connectivity index (χ3v) is 7.94. The van der Waals surface area contributed by atoms with Crippen LogP contribution in [0.25, 0.3) is 0 Å². The molecule has 10 heteroatoms. The molecule has 3 aromatic rings. The van der Waals surface area contributed by atoms with E-state index in [1.165, 1.54) is 12.1 Å². The molecule has 1 fully saturated rings. The molecule has 1 aromatic heterocycles. The summed E-state index contributed by atoms with van der Waals surface area (Å²) in [5.41, 5.74) is 2.72. The maximum Gasteiger partial charge on any atom is 0.313 e. The normalized spacial score (nSPS) is 16.8. The Kier molecular flexibility index (Phi) is 9.23. The lowest BCUT2D eigenvalue weighted by atomic mass is 9.83. The van der Waals surface area contributed by atoms with E-state index in [9.17, 15) is 23.6 Å².